The Kier molecular flexibility index (Phi) is 14.7. The zero-order chi connectivity index (χ0) is 21.5. The van der Waals surface area contributed by atoms with Crippen molar-refractivity contribution in [2.45, 2.75) is 77.7 Å². The van der Waals surface area contributed by atoms with Crippen molar-refractivity contribution >= 4 is 44.8 Å². The molecule has 164 valence electrons. The molecule has 0 amide bonds. The predicted molar refractivity (Wildman–Crippen MR) is 128 cm³/mol. The van der Waals surface area contributed by atoms with Gasteiger partial charge in [-0.15, -0.1) is 25.3 Å². The second kappa shape index (κ2) is 16.1. The largest absolute Gasteiger partial charge is 0.397 e. The molecule has 0 aliphatic rings. The van der Waals surface area contributed by atoms with E-state index < -0.39 is 9.28 Å². The van der Waals surface area contributed by atoms with E-state index in [0.29, 0.717) is 12.8 Å². The molecule has 0 aromatic heterocycles. The molecule has 0 spiro atoms. The lowest BCUT2D eigenvalue weighted by molar-refractivity contribution is -0.111. The van der Waals surface area contributed by atoms with Crippen molar-refractivity contribution in [1.82, 2.24) is 0 Å². The van der Waals surface area contributed by atoms with E-state index in [9.17, 15) is 9.59 Å². The van der Waals surface area contributed by atoms with Gasteiger partial charge in [0.25, 0.3) is 0 Å². The van der Waals surface area contributed by atoms with Gasteiger partial charge in [-0.1, -0.05) is 32.0 Å². The molecule has 0 saturated heterocycles. The van der Waals surface area contributed by atoms with Gasteiger partial charge in [-0.25, -0.2) is 0 Å². The highest BCUT2D eigenvalue weighted by molar-refractivity contribution is 7.96. The summed E-state index contributed by atoms with van der Waals surface area (Å²) in [5.74, 6) is 0. The van der Waals surface area contributed by atoms with Crippen LogP contribution in [0.2, 0.25) is 6.04 Å². The van der Waals surface area contributed by atoms with Gasteiger partial charge in [0.15, 0.2) is 10.2 Å². The lowest BCUT2D eigenvalue weighted by Crippen LogP contribution is -2.24. The van der Waals surface area contributed by atoms with E-state index in [1.807, 2.05) is 0 Å². The third-order valence-corrected chi connectivity index (χ3v) is 7.05. The summed E-state index contributed by atoms with van der Waals surface area (Å²) in [4.78, 5) is 22.3. The molecule has 0 fully saturated rings. The van der Waals surface area contributed by atoms with Gasteiger partial charge in [-0.2, -0.15) is 0 Å². The molecule has 0 atom stereocenters. The number of aryl methyl sites for hydroxylation is 3. The van der Waals surface area contributed by atoms with Crippen molar-refractivity contribution < 1.29 is 18.4 Å². The van der Waals surface area contributed by atoms with Crippen LogP contribution in [0, 0.1) is 0 Å². The monoisotopic (exact) mass is 456 g/mol. The fraction of sp³-hybridized carbons (Fsp3) is 0.636. The summed E-state index contributed by atoms with van der Waals surface area (Å²) < 4.78 is 11.9. The van der Waals surface area contributed by atoms with Gasteiger partial charge in [0, 0.05) is 26.1 Å². The first-order valence-corrected chi connectivity index (χ1v) is 13.4. The van der Waals surface area contributed by atoms with E-state index in [4.69, 9.17) is 8.85 Å². The van der Waals surface area contributed by atoms with E-state index in [2.05, 4.69) is 57.3 Å². The van der Waals surface area contributed by atoms with Crippen LogP contribution >= 0.6 is 25.3 Å². The Hall–Kier alpha value is -0.603. The van der Waals surface area contributed by atoms with Crippen molar-refractivity contribution in [1.29, 1.82) is 0 Å². The first kappa shape index (κ1) is 26.4. The molecule has 0 N–H and O–H groups in total. The Morgan fingerprint density at radius 2 is 1.41 bits per heavy atom. The van der Waals surface area contributed by atoms with Gasteiger partial charge in [-0.3, -0.25) is 9.59 Å². The Bertz CT molecular complexity index is 617. The smallest absolute Gasteiger partial charge is 0.321 e. The minimum Gasteiger partial charge on any atom is -0.397 e. The second-order valence-electron chi connectivity index (χ2n) is 7.31. The van der Waals surface area contributed by atoms with Crippen LogP contribution in [0.15, 0.2) is 18.2 Å². The highest BCUT2D eigenvalue weighted by atomic mass is 32.1. The molecule has 0 heterocycles. The minimum atomic E-state index is -1.63. The lowest BCUT2D eigenvalue weighted by Gasteiger charge is -2.17. The quantitative estimate of drug-likeness (QED) is 0.260. The van der Waals surface area contributed by atoms with Crippen LogP contribution in [0.25, 0.3) is 0 Å². The van der Waals surface area contributed by atoms with Crippen LogP contribution in [0.3, 0.4) is 0 Å². The normalized spacial score (nSPS) is 11.2. The average Bonchev–Trinajstić information content (AvgIpc) is 2.68. The molecule has 0 aliphatic heterocycles. The van der Waals surface area contributed by atoms with Crippen molar-refractivity contribution in [3.8, 4) is 0 Å². The average molecular weight is 457 g/mol. The molecule has 0 bridgehead atoms. The topological polar surface area (TPSA) is 52.6 Å². The number of thiol groups is 2. The Labute approximate surface area is 188 Å². The van der Waals surface area contributed by atoms with E-state index in [1.165, 1.54) is 16.7 Å². The van der Waals surface area contributed by atoms with Crippen molar-refractivity contribution in [3.63, 3.8) is 0 Å². The first-order valence-electron chi connectivity index (χ1n) is 10.7. The highest BCUT2D eigenvalue weighted by Gasteiger charge is 2.14. The minimum absolute atomic E-state index is 0.0704. The number of carbonyl (C=O) groups excluding carboxylic acids is 2. The van der Waals surface area contributed by atoms with Crippen molar-refractivity contribution in [3.05, 3.63) is 34.9 Å². The summed E-state index contributed by atoms with van der Waals surface area (Å²) in [6, 6.07) is 7.57. The Balaban J connectivity index is 2.76. The molecule has 0 unspecified atom stereocenters. The molecule has 1 aromatic rings. The van der Waals surface area contributed by atoms with Gasteiger partial charge in [0.2, 0.25) is 0 Å². The van der Waals surface area contributed by atoms with Crippen molar-refractivity contribution in [2.75, 3.05) is 13.2 Å². The summed E-state index contributed by atoms with van der Waals surface area (Å²) in [6.07, 6.45) is 7.22. The number of benzene rings is 1. The summed E-state index contributed by atoms with van der Waals surface area (Å²) in [7, 11) is -1.63. The van der Waals surface area contributed by atoms with Gasteiger partial charge in [-0.05, 0) is 67.7 Å². The molecular formula is C22H36O4S2Si. The summed E-state index contributed by atoms with van der Waals surface area (Å²) in [5.41, 5.74) is 3.81. The molecule has 0 saturated carbocycles. The third kappa shape index (κ3) is 12.6. The molecule has 1 aromatic carbocycles. The van der Waals surface area contributed by atoms with Gasteiger partial charge in [0.05, 0.1) is 0 Å². The molecular weight excluding hydrogens is 420 g/mol. The van der Waals surface area contributed by atoms with E-state index in [-0.39, 0.29) is 10.2 Å². The summed E-state index contributed by atoms with van der Waals surface area (Å²) in [6.45, 7) is 5.78. The highest BCUT2D eigenvalue weighted by Crippen LogP contribution is 2.20. The van der Waals surface area contributed by atoms with Gasteiger partial charge >= 0.3 is 9.28 Å². The standard InChI is InChI=1S/C22H36O4S2Si/c1-3-14-25-29(26-15-4-2)16-13-18-11-12-19(7-5-9-21(23)27)20(17-18)8-6-10-22(24)28/h11-12,17,29H,3-10,13-16H2,1-2H3,(H,23,27)(H,24,28). The number of hydrogen-bond donors (Lipinski definition) is 2. The van der Waals surface area contributed by atoms with Crippen LogP contribution in [-0.2, 0) is 37.7 Å². The van der Waals surface area contributed by atoms with Crippen LogP contribution < -0.4 is 0 Å². The molecule has 1 rings (SSSR count). The van der Waals surface area contributed by atoms with Crippen molar-refractivity contribution in [2.24, 2.45) is 0 Å². The molecule has 7 heteroatoms. The van der Waals surface area contributed by atoms with E-state index in [1.54, 1.807) is 0 Å². The fourth-order valence-electron chi connectivity index (χ4n) is 3.17. The zero-order valence-corrected chi connectivity index (χ0v) is 20.8. The second-order valence-corrected chi connectivity index (χ2v) is 10.4. The predicted octanol–water partition coefficient (Wildman–Crippen LogP) is 4.86. The number of carbonyl (C=O) groups is 2. The van der Waals surface area contributed by atoms with Crippen LogP contribution in [0.5, 0.6) is 0 Å². The fourth-order valence-corrected chi connectivity index (χ4v) is 5.48. The zero-order valence-electron chi connectivity index (χ0n) is 17.8. The van der Waals surface area contributed by atoms with Crippen LogP contribution in [-0.4, -0.2) is 32.7 Å². The maximum atomic E-state index is 11.2. The van der Waals surface area contributed by atoms with Gasteiger partial charge < -0.3 is 8.85 Å². The number of rotatable bonds is 17. The van der Waals surface area contributed by atoms with Crippen LogP contribution in [0.4, 0.5) is 0 Å². The summed E-state index contributed by atoms with van der Waals surface area (Å²) >= 11 is 7.73. The molecule has 0 aliphatic carbocycles. The number of hydrogen-bond acceptors (Lipinski definition) is 4. The SMILES string of the molecule is CCCO[SiH](CCc1ccc(CCCC(=O)S)c(CCCC(=O)S)c1)OCCC. The molecule has 4 nitrogen and oxygen atoms in total. The third-order valence-electron chi connectivity index (χ3n) is 4.63. The summed E-state index contributed by atoms with van der Waals surface area (Å²) in [5, 5.41) is -0.141. The Morgan fingerprint density at radius 3 is 1.93 bits per heavy atom. The van der Waals surface area contributed by atoms with E-state index in [0.717, 1.165) is 64.2 Å². The van der Waals surface area contributed by atoms with Gasteiger partial charge in [0.1, 0.15) is 0 Å². The molecule has 0 radical (unpaired) electrons. The first-order chi connectivity index (χ1) is 14.0. The van der Waals surface area contributed by atoms with Crippen LogP contribution in [0.1, 0.15) is 69.1 Å². The van der Waals surface area contributed by atoms with E-state index >= 15 is 0 Å². The maximum absolute atomic E-state index is 11.2. The maximum Gasteiger partial charge on any atom is 0.321 e. The lowest BCUT2D eigenvalue weighted by atomic mass is 9.95. The molecule has 29 heavy (non-hydrogen) atoms. The Morgan fingerprint density at radius 1 is 0.862 bits per heavy atom.